The summed E-state index contributed by atoms with van der Waals surface area (Å²) in [5.41, 5.74) is 5.54. The predicted octanol–water partition coefficient (Wildman–Crippen LogP) is 6.69. The van der Waals surface area contributed by atoms with Crippen LogP contribution < -0.4 is 4.74 Å². The minimum Gasteiger partial charge on any atom is -0.497 e. The molecule has 1 aliphatic heterocycles. The summed E-state index contributed by atoms with van der Waals surface area (Å²) in [6.45, 7) is 8.81. The summed E-state index contributed by atoms with van der Waals surface area (Å²) in [5, 5.41) is 0. The van der Waals surface area contributed by atoms with Gasteiger partial charge in [-0.2, -0.15) is 11.8 Å². The molecule has 0 amide bonds. The Labute approximate surface area is 169 Å². The molecule has 1 heterocycles. The Morgan fingerprint density at radius 3 is 2.30 bits per heavy atom. The van der Waals surface area contributed by atoms with E-state index in [0.717, 1.165) is 24.5 Å². The van der Waals surface area contributed by atoms with Crippen molar-refractivity contribution in [2.75, 3.05) is 12.9 Å². The highest BCUT2D eigenvalue weighted by Crippen LogP contribution is 2.52. The van der Waals surface area contributed by atoms with E-state index in [1.54, 1.807) is 7.11 Å². The Kier molecular flexibility index (Phi) is 7.87. The van der Waals surface area contributed by atoms with E-state index in [1.807, 2.05) is 24.3 Å². The van der Waals surface area contributed by atoms with Crippen molar-refractivity contribution in [3.05, 3.63) is 64.7 Å². The van der Waals surface area contributed by atoms with Crippen LogP contribution in [-0.4, -0.2) is 12.9 Å². The first-order valence-corrected chi connectivity index (χ1v) is 10.6. The lowest BCUT2D eigenvalue weighted by Gasteiger charge is -2.30. The van der Waals surface area contributed by atoms with Crippen LogP contribution in [0.5, 0.6) is 5.75 Å². The number of terminal acetylenes is 1. The van der Waals surface area contributed by atoms with Crippen LogP contribution in [0.4, 0.5) is 0 Å². The van der Waals surface area contributed by atoms with Gasteiger partial charge in [-0.3, -0.25) is 0 Å². The standard InChI is InChI=1S/C17H22S.C8H10O/c1-5-6-9-17(11-14(3)12-18-17)16-8-7-13(2)10-15(16)4;1-7-3-5-8(9-2)6-4-7/h1,7-8,10,14H,6,9,11-12H2,2-4H3;3-6H,1-2H3. The number of rotatable bonds is 4. The maximum absolute atomic E-state index is 5.48. The molecule has 0 bridgehead atoms. The summed E-state index contributed by atoms with van der Waals surface area (Å²) >= 11 is 2.12. The molecule has 0 N–H and O–H groups in total. The summed E-state index contributed by atoms with van der Waals surface area (Å²) in [5.74, 6) is 5.80. The Morgan fingerprint density at radius 1 is 1.11 bits per heavy atom. The summed E-state index contributed by atoms with van der Waals surface area (Å²) in [4.78, 5) is 0. The van der Waals surface area contributed by atoms with E-state index in [4.69, 9.17) is 11.2 Å². The largest absolute Gasteiger partial charge is 0.497 e. The van der Waals surface area contributed by atoms with Gasteiger partial charge in [-0.05, 0) is 68.5 Å². The molecule has 0 saturated carbocycles. The van der Waals surface area contributed by atoms with Gasteiger partial charge in [0, 0.05) is 11.2 Å². The number of aryl methyl sites for hydroxylation is 3. The highest BCUT2D eigenvalue weighted by Gasteiger charge is 2.39. The van der Waals surface area contributed by atoms with Gasteiger partial charge in [-0.15, -0.1) is 12.3 Å². The summed E-state index contributed by atoms with van der Waals surface area (Å²) in [6.07, 6.45) is 8.74. The van der Waals surface area contributed by atoms with Crippen molar-refractivity contribution in [1.29, 1.82) is 0 Å². The normalized spacial score (nSPS) is 21.1. The van der Waals surface area contributed by atoms with Crippen LogP contribution in [0.1, 0.15) is 48.4 Å². The van der Waals surface area contributed by atoms with Crippen LogP contribution in [0.25, 0.3) is 0 Å². The van der Waals surface area contributed by atoms with E-state index in [1.165, 1.54) is 34.4 Å². The first kappa shape index (κ1) is 21.5. The van der Waals surface area contributed by atoms with E-state index in [2.05, 4.69) is 63.6 Å². The van der Waals surface area contributed by atoms with E-state index in [-0.39, 0.29) is 4.75 Å². The van der Waals surface area contributed by atoms with Crippen molar-refractivity contribution in [3.63, 3.8) is 0 Å². The molecular weight excluding hydrogens is 348 g/mol. The van der Waals surface area contributed by atoms with Crippen molar-refractivity contribution in [2.24, 2.45) is 5.92 Å². The van der Waals surface area contributed by atoms with Crippen LogP contribution in [0.3, 0.4) is 0 Å². The van der Waals surface area contributed by atoms with Gasteiger partial charge in [0.2, 0.25) is 0 Å². The molecule has 2 aromatic carbocycles. The Morgan fingerprint density at radius 2 is 1.78 bits per heavy atom. The third-order valence-corrected chi connectivity index (χ3v) is 7.00. The number of hydrogen-bond donors (Lipinski definition) is 0. The summed E-state index contributed by atoms with van der Waals surface area (Å²) in [7, 11) is 1.67. The smallest absolute Gasteiger partial charge is 0.118 e. The number of hydrogen-bond acceptors (Lipinski definition) is 2. The highest BCUT2D eigenvalue weighted by molar-refractivity contribution is 8.00. The van der Waals surface area contributed by atoms with Crippen LogP contribution >= 0.6 is 11.8 Å². The number of benzene rings is 2. The van der Waals surface area contributed by atoms with E-state index < -0.39 is 0 Å². The quantitative estimate of drug-likeness (QED) is 0.547. The average molecular weight is 381 g/mol. The monoisotopic (exact) mass is 380 g/mol. The van der Waals surface area contributed by atoms with Gasteiger partial charge >= 0.3 is 0 Å². The average Bonchev–Trinajstić information content (AvgIpc) is 3.03. The van der Waals surface area contributed by atoms with Gasteiger partial charge in [0.05, 0.1) is 7.11 Å². The minimum atomic E-state index is 0.267. The topological polar surface area (TPSA) is 9.23 Å². The van der Waals surface area contributed by atoms with Gasteiger partial charge in [0.25, 0.3) is 0 Å². The second kappa shape index (κ2) is 9.90. The Hall–Kier alpha value is -1.85. The lowest BCUT2D eigenvalue weighted by atomic mass is 9.83. The maximum Gasteiger partial charge on any atom is 0.118 e. The Balaban J connectivity index is 0.000000244. The van der Waals surface area contributed by atoms with E-state index in [0.29, 0.717) is 0 Å². The first-order chi connectivity index (χ1) is 12.9. The first-order valence-electron chi connectivity index (χ1n) is 9.66. The highest BCUT2D eigenvalue weighted by atomic mass is 32.2. The Bertz CT molecular complexity index is 772. The molecule has 0 aromatic heterocycles. The van der Waals surface area contributed by atoms with Crippen molar-refractivity contribution < 1.29 is 4.74 Å². The van der Waals surface area contributed by atoms with Crippen molar-refractivity contribution in [2.45, 2.75) is 51.7 Å². The maximum atomic E-state index is 5.48. The van der Waals surface area contributed by atoms with Crippen molar-refractivity contribution in [1.82, 2.24) is 0 Å². The third-order valence-electron chi connectivity index (χ3n) is 5.12. The molecule has 2 atom stereocenters. The molecule has 2 heteroatoms. The molecule has 2 aromatic rings. The minimum absolute atomic E-state index is 0.267. The molecule has 0 aliphatic carbocycles. The molecule has 0 spiro atoms. The molecule has 2 unspecified atom stereocenters. The van der Waals surface area contributed by atoms with Crippen LogP contribution in [0.2, 0.25) is 0 Å². The molecule has 1 fully saturated rings. The van der Waals surface area contributed by atoms with Gasteiger partial charge < -0.3 is 4.74 Å². The number of ether oxygens (including phenoxy) is 1. The number of methoxy groups -OCH3 is 1. The lowest BCUT2D eigenvalue weighted by molar-refractivity contribution is 0.414. The van der Waals surface area contributed by atoms with Crippen molar-refractivity contribution in [3.8, 4) is 18.1 Å². The van der Waals surface area contributed by atoms with Gasteiger partial charge in [0.15, 0.2) is 0 Å². The molecule has 3 rings (SSSR count). The number of thioether (sulfide) groups is 1. The second-order valence-electron chi connectivity index (χ2n) is 7.65. The zero-order chi connectivity index (χ0) is 19.9. The van der Waals surface area contributed by atoms with Gasteiger partial charge in [0.1, 0.15) is 5.75 Å². The molecule has 144 valence electrons. The third kappa shape index (κ3) is 5.81. The molecule has 1 nitrogen and oxygen atoms in total. The van der Waals surface area contributed by atoms with Crippen LogP contribution in [0.15, 0.2) is 42.5 Å². The fraction of sp³-hybridized carbons (Fsp3) is 0.440. The summed E-state index contributed by atoms with van der Waals surface area (Å²) in [6, 6.07) is 14.8. The van der Waals surface area contributed by atoms with Crippen LogP contribution in [-0.2, 0) is 4.75 Å². The van der Waals surface area contributed by atoms with Gasteiger partial charge in [-0.1, -0.05) is 48.4 Å². The van der Waals surface area contributed by atoms with E-state index >= 15 is 0 Å². The zero-order valence-electron chi connectivity index (χ0n) is 17.3. The van der Waals surface area contributed by atoms with Crippen molar-refractivity contribution >= 4 is 11.8 Å². The molecule has 0 radical (unpaired) electrons. The van der Waals surface area contributed by atoms with Gasteiger partial charge in [-0.25, -0.2) is 0 Å². The predicted molar refractivity (Wildman–Crippen MR) is 120 cm³/mol. The molecule has 1 saturated heterocycles. The molecular formula is C25H32OS. The lowest BCUT2D eigenvalue weighted by Crippen LogP contribution is -2.20. The second-order valence-corrected chi connectivity index (χ2v) is 9.06. The molecule has 27 heavy (non-hydrogen) atoms. The zero-order valence-corrected chi connectivity index (χ0v) is 18.2. The summed E-state index contributed by atoms with van der Waals surface area (Å²) < 4.78 is 5.24. The fourth-order valence-corrected chi connectivity index (χ4v) is 5.51. The molecule has 1 aliphatic rings. The van der Waals surface area contributed by atoms with E-state index in [9.17, 15) is 0 Å². The fourth-order valence-electron chi connectivity index (χ4n) is 3.75. The van der Waals surface area contributed by atoms with Crippen LogP contribution in [0, 0.1) is 39.0 Å². The SMILES string of the molecule is C#CCCC1(c2ccc(C)cc2C)CC(C)CS1.COc1ccc(C)cc1.